The number of ether oxygens (including phenoxy) is 1. The number of H-pyrrole nitrogens is 1. The third-order valence-corrected chi connectivity index (χ3v) is 3.97. The fourth-order valence-corrected chi connectivity index (χ4v) is 2.43. The van der Waals surface area contributed by atoms with Gasteiger partial charge in [0.05, 0.1) is 12.7 Å². The molecule has 2 rings (SSSR count). The van der Waals surface area contributed by atoms with Gasteiger partial charge in [0.2, 0.25) is 0 Å². The first-order valence-electron chi connectivity index (χ1n) is 6.29. The highest BCUT2D eigenvalue weighted by Gasteiger charge is 2.36. The maximum absolute atomic E-state index is 11.8. The van der Waals surface area contributed by atoms with Gasteiger partial charge in [0.15, 0.2) is 0 Å². The van der Waals surface area contributed by atoms with Gasteiger partial charge in [-0.2, -0.15) is 0 Å². The molecule has 21 heavy (non-hydrogen) atoms. The Bertz CT molecular complexity index is 602. The molecule has 9 nitrogen and oxygen atoms in total. The summed E-state index contributed by atoms with van der Waals surface area (Å²) < 4.78 is 16.8. The third-order valence-electron chi connectivity index (χ3n) is 3.21. The van der Waals surface area contributed by atoms with Gasteiger partial charge in [0.25, 0.3) is 14.1 Å². The van der Waals surface area contributed by atoms with Crippen LogP contribution in [0, 0.1) is 6.92 Å². The van der Waals surface area contributed by atoms with Crippen molar-refractivity contribution in [3.8, 4) is 0 Å². The standard InChI is InChI=1S/C11H18N3O6P/c1-6-4-14(11(17)13-10(6)16)9-3-7(15)8(20-9)5-19-21(12)18-2/h4,7-9,15H,3,5,12H2,1-2H3,(H,13,16,17)/t7-,8+,9+,21?/m0/s1. The molecule has 0 radical (unpaired) electrons. The number of aromatic nitrogens is 2. The van der Waals surface area contributed by atoms with Crippen molar-refractivity contribution in [2.45, 2.75) is 31.8 Å². The van der Waals surface area contributed by atoms with Crippen LogP contribution in [0.3, 0.4) is 0 Å². The zero-order chi connectivity index (χ0) is 15.6. The summed E-state index contributed by atoms with van der Waals surface area (Å²) in [6.07, 6.45) is -0.447. The van der Waals surface area contributed by atoms with E-state index in [2.05, 4.69) is 4.98 Å². The first-order valence-corrected chi connectivity index (χ1v) is 7.54. The van der Waals surface area contributed by atoms with Crippen molar-refractivity contribution in [1.82, 2.24) is 9.55 Å². The lowest BCUT2D eigenvalue weighted by Gasteiger charge is -2.17. The smallest absolute Gasteiger partial charge is 0.330 e. The van der Waals surface area contributed by atoms with Gasteiger partial charge < -0.3 is 18.9 Å². The van der Waals surface area contributed by atoms with Gasteiger partial charge in [-0.25, -0.2) is 4.79 Å². The second-order valence-corrected chi connectivity index (χ2v) is 5.87. The monoisotopic (exact) mass is 319 g/mol. The quantitative estimate of drug-likeness (QED) is 0.615. The first kappa shape index (κ1) is 16.3. The average molecular weight is 319 g/mol. The largest absolute Gasteiger partial charge is 0.390 e. The van der Waals surface area contributed by atoms with Crippen LogP contribution >= 0.6 is 8.53 Å². The Hall–Kier alpha value is -1.09. The highest BCUT2D eigenvalue weighted by molar-refractivity contribution is 7.44. The number of nitrogens with two attached hydrogens (primary N) is 1. The molecule has 2 heterocycles. The Labute approximate surface area is 121 Å². The average Bonchev–Trinajstić information content (AvgIpc) is 2.81. The highest BCUT2D eigenvalue weighted by Crippen LogP contribution is 2.32. The van der Waals surface area contributed by atoms with Crippen LogP contribution in [0.1, 0.15) is 18.2 Å². The number of aryl methyl sites for hydroxylation is 1. The predicted molar refractivity (Wildman–Crippen MR) is 74.7 cm³/mol. The molecule has 0 amide bonds. The molecule has 1 aliphatic rings. The molecule has 0 saturated carbocycles. The Kier molecular flexibility index (Phi) is 5.26. The number of hydrogen-bond acceptors (Lipinski definition) is 7. The van der Waals surface area contributed by atoms with Crippen molar-refractivity contribution in [3.05, 3.63) is 32.6 Å². The molecule has 1 saturated heterocycles. The molecule has 0 bridgehead atoms. The number of nitrogens with zero attached hydrogens (tertiary/aromatic N) is 1. The molecule has 1 fully saturated rings. The summed E-state index contributed by atoms with van der Waals surface area (Å²) in [5.41, 5.74) is 4.86. The van der Waals surface area contributed by atoms with E-state index < -0.39 is 38.2 Å². The van der Waals surface area contributed by atoms with Crippen molar-refractivity contribution in [1.29, 1.82) is 0 Å². The molecule has 0 aliphatic carbocycles. The fraction of sp³-hybridized carbons (Fsp3) is 0.636. The molecule has 4 N–H and O–H groups in total. The van der Waals surface area contributed by atoms with Gasteiger partial charge in [-0.3, -0.25) is 19.8 Å². The van der Waals surface area contributed by atoms with Crippen molar-refractivity contribution in [3.63, 3.8) is 0 Å². The van der Waals surface area contributed by atoms with Gasteiger partial charge in [-0.05, 0) is 6.92 Å². The van der Waals surface area contributed by atoms with Gasteiger partial charge >= 0.3 is 5.69 Å². The molecule has 0 spiro atoms. The summed E-state index contributed by atoms with van der Waals surface area (Å²) in [6.45, 7) is 1.64. The molecular weight excluding hydrogens is 301 g/mol. The van der Waals surface area contributed by atoms with Gasteiger partial charge in [0, 0.05) is 25.3 Å². The number of hydrogen-bond donors (Lipinski definition) is 3. The van der Waals surface area contributed by atoms with Crippen LogP contribution in [0.5, 0.6) is 0 Å². The Balaban J connectivity index is 2.09. The van der Waals surface area contributed by atoms with Crippen LogP contribution in [0.4, 0.5) is 0 Å². The van der Waals surface area contributed by atoms with E-state index in [1.54, 1.807) is 6.92 Å². The minimum Gasteiger partial charge on any atom is -0.390 e. The minimum atomic E-state index is -1.50. The van der Waals surface area contributed by atoms with Crippen LogP contribution in [0.15, 0.2) is 15.8 Å². The SMILES string of the molecule is COP(N)OC[C@H]1O[C@@H](n2cc(C)c(=O)[nH]c2=O)C[C@@H]1O. The Morgan fingerprint density at radius 2 is 2.33 bits per heavy atom. The van der Waals surface area contributed by atoms with E-state index in [0.717, 1.165) is 0 Å². The second-order valence-electron chi connectivity index (χ2n) is 4.67. The van der Waals surface area contributed by atoms with Gasteiger partial charge in [-0.1, -0.05) is 0 Å². The number of rotatable bonds is 5. The van der Waals surface area contributed by atoms with Crippen molar-refractivity contribution >= 4 is 8.53 Å². The Morgan fingerprint density at radius 3 is 3.00 bits per heavy atom. The van der Waals surface area contributed by atoms with Crippen molar-refractivity contribution < 1.29 is 18.9 Å². The summed E-state index contributed by atoms with van der Waals surface area (Å²) >= 11 is 0. The molecule has 1 aromatic heterocycles. The number of nitrogens with one attached hydrogen (secondary N) is 1. The summed E-state index contributed by atoms with van der Waals surface area (Å²) in [6, 6.07) is 0. The third kappa shape index (κ3) is 3.76. The van der Waals surface area contributed by atoms with Crippen LogP contribution in [0.25, 0.3) is 0 Å². The van der Waals surface area contributed by atoms with Crippen molar-refractivity contribution in [2.24, 2.45) is 5.50 Å². The molecule has 118 valence electrons. The predicted octanol–water partition coefficient (Wildman–Crippen LogP) is -0.658. The lowest BCUT2D eigenvalue weighted by atomic mass is 10.2. The molecule has 1 aromatic rings. The maximum atomic E-state index is 11.8. The van der Waals surface area contributed by atoms with Crippen LogP contribution in [-0.4, -0.2) is 40.6 Å². The van der Waals surface area contributed by atoms with Crippen LogP contribution in [-0.2, 0) is 13.8 Å². The van der Waals surface area contributed by atoms with E-state index in [0.29, 0.717) is 5.56 Å². The summed E-state index contributed by atoms with van der Waals surface area (Å²) in [5.74, 6) is 0. The van der Waals surface area contributed by atoms with Crippen molar-refractivity contribution in [2.75, 3.05) is 13.7 Å². The molecule has 4 atom stereocenters. The highest BCUT2D eigenvalue weighted by atomic mass is 31.2. The molecule has 1 unspecified atom stereocenters. The lowest BCUT2D eigenvalue weighted by Crippen LogP contribution is -2.33. The summed E-state index contributed by atoms with van der Waals surface area (Å²) in [5, 5.41) is 9.95. The van der Waals surface area contributed by atoms with E-state index in [9.17, 15) is 14.7 Å². The zero-order valence-electron chi connectivity index (χ0n) is 11.7. The normalized spacial score (nSPS) is 27.0. The fourth-order valence-electron chi connectivity index (χ4n) is 2.04. The molecule has 10 heteroatoms. The van der Waals surface area contributed by atoms with E-state index in [1.807, 2.05) is 0 Å². The topological polar surface area (TPSA) is 129 Å². The second kappa shape index (κ2) is 6.78. The first-order chi connectivity index (χ1) is 9.92. The summed E-state index contributed by atoms with van der Waals surface area (Å²) in [7, 11) is -0.0852. The van der Waals surface area contributed by atoms with Crippen LogP contribution in [0.2, 0.25) is 0 Å². The molecule has 0 aromatic carbocycles. The van der Waals surface area contributed by atoms with Gasteiger partial charge in [0.1, 0.15) is 12.3 Å². The van der Waals surface area contributed by atoms with Crippen LogP contribution < -0.4 is 16.8 Å². The molecular formula is C11H18N3O6P. The van der Waals surface area contributed by atoms with E-state index in [4.69, 9.17) is 19.3 Å². The molecule has 1 aliphatic heterocycles. The number of aliphatic hydroxyl groups excluding tert-OH is 1. The van der Waals surface area contributed by atoms with E-state index >= 15 is 0 Å². The Morgan fingerprint density at radius 1 is 1.62 bits per heavy atom. The number of aliphatic hydroxyl groups is 1. The zero-order valence-corrected chi connectivity index (χ0v) is 12.6. The summed E-state index contributed by atoms with van der Waals surface area (Å²) in [4.78, 5) is 25.3. The number of aromatic amines is 1. The lowest BCUT2D eigenvalue weighted by molar-refractivity contribution is -0.0410. The van der Waals surface area contributed by atoms with E-state index in [1.165, 1.54) is 17.9 Å². The van der Waals surface area contributed by atoms with Gasteiger partial charge in [-0.15, -0.1) is 0 Å². The maximum Gasteiger partial charge on any atom is 0.330 e. The minimum absolute atomic E-state index is 0.0603. The van der Waals surface area contributed by atoms with E-state index in [-0.39, 0.29) is 13.0 Å².